The number of aromatic nitrogens is 2. The van der Waals surface area contributed by atoms with Gasteiger partial charge >= 0.3 is 0 Å². The molecule has 1 aromatic heterocycles. The zero-order chi connectivity index (χ0) is 14.7. The molecule has 0 bridgehead atoms. The number of carbonyl (C=O) groups is 1. The third-order valence-corrected chi connectivity index (χ3v) is 4.19. The first-order valence-electron chi connectivity index (χ1n) is 7.69. The van der Waals surface area contributed by atoms with Crippen LogP contribution in [0.2, 0.25) is 0 Å². The Bertz CT molecular complexity index is 589. The minimum atomic E-state index is 0.0874. The summed E-state index contributed by atoms with van der Waals surface area (Å²) in [6.07, 6.45) is 4.60. The smallest absolute Gasteiger partial charge is 0.223 e. The Hall–Kier alpha value is -1.88. The molecule has 5 heteroatoms. The van der Waals surface area contributed by atoms with Crippen molar-refractivity contribution >= 4 is 16.9 Å². The molecule has 2 unspecified atom stereocenters. The maximum atomic E-state index is 12.1. The van der Waals surface area contributed by atoms with Gasteiger partial charge in [0.2, 0.25) is 5.91 Å². The molecule has 1 aliphatic carbocycles. The van der Waals surface area contributed by atoms with Crippen molar-refractivity contribution in [2.24, 2.45) is 11.7 Å². The van der Waals surface area contributed by atoms with Gasteiger partial charge in [-0.3, -0.25) is 4.79 Å². The molecule has 1 amide bonds. The minimum Gasteiger partial charge on any atom is -0.355 e. The molecule has 3 rings (SSSR count). The van der Waals surface area contributed by atoms with E-state index in [1.165, 1.54) is 0 Å². The summed E-state index contributed by atoms with van der Waals surface area (Å²) in [6.45, 7) is 0.615. The number of H-pyrrole nitrogens is 1. The first-order chi connectivity index (χ1) is 10.2. The Morgan fingerprint density at radius 1 is 1.38 bits per heavy atom. The van der Waals surface area contributed by atoms with Gasteiger partial charge in [-0.05, 0) is 31.4 Å². The maximum absolute atomic E-state index is 12.1. The van der Waals surface area contributed by atoms with Crippen LogP contribution in [-0.4, -0.2) is 28.5 Å². The number of hydrogen-bond acceptors (Lipinski definition) is 3. The molecule has 4 N–H and O–H groups in total. The number of para-hydroxylation sites is 2. The highest BCUT2D eigenvalue weighted by atomic mass is 16.1. The molecule has 0 spiro atoms. The number of nitrogens with zero attached hydrogens (tertiary/aromatic N) is 1. The van der Waals surface area contributed by atoms with Crippen LogP contribution in [0.25, 0.3) is 11.0 Å². The SMILES string of the molecule is NC1CCCC(C(=O)NCCc2nc3ccccc3[nH]2)C1. The van der Waals surface area contributed by atoms with Crippen molar-refractivity contribution in [3.63, 3.8) is 0 Å². The lowest BCUT2D eigenvalue weighted by atomic mass is 9.85. The second-order valence-electron chi connectivity index (χ2n) is 5.87. The van der Waals surface area contributed by atoms with Gasteiger partial charge < -0.3 is 16.0 Å². The zero-order valence-electron chi connectivity index (χ0n) is 12.1. The molecule has 5 nitrogen and oxygen atoms in total. The molecule has 1 aliphatic rings. The Labute approximate surface area is 124 Å². The highest BCUT2D eigenvalue weighted by molar-refractivity contribution is 5.78. The normalized spacial score (nSPS) is 22.3. The summed E-state index contributed by atoms with van der Waals surface area (Å²) in [6, 6.07) is 8.13. The monoisotopic (exact) mass is 286 g/mol. The zero-order valence-corrected chi connectivity index (χ0v) is 12.1. The molecular formula is C16H22N4O. The molecule has 21 heavy (non-hydrogen) atoms. The van der Waals surface area contributed by atoms with Gasteiger partial charge in [0, 0.05) is 24.9 Å². The summed E-state index contributed by atoms with van der Waals surface area (Å²) >= 11 is 0. The van der Waals surface area contributed by atoms with E-state index in [1.807, 2.05) is 24.3 Å². The van der Waals surface area contributed by atoms with Gasteiger partial charge in [-0.2, -0.15) is 0 Å². The van der Waals surface area contributed by atoms with Gasteiger partial charge in [-0.25, -0.2) is 4.98 Å². The van der Waals surface area contributed by atoms with Gasteiger partial charge in [-0.15, -0.1) is 0 Å². The average molecular weight is 286 g/mol. The van der Waals surface area contributed by atoms with Crippen molar-refractivity contribution in [3.8, 4) is 0 Å². The second-order valence-corrected chi connectivity index (χ2v) is 5.87. The number of hydrogen-bond donors (Lipinski definition) is 3. The van der Waals surface area contributed by atoms with Crippen LogP contribution in [0.3, 0.4) is 0 Å². The lowest BCUT2D eigenvalue weighted by Gasteiger charge is -2.25. The Kier molecular flexibility index (Phi) is 4.20. The van der Waals surface area contributed by atoms with E-state index in [0.29, 0.717) is 6.54 Å². The van der Waals surface area contributed by atoms with Crippen molar-refractivity contribution in [2.75, 3.05) is 6.54 Å². The van der Waals surface area contributed by atoms with Crippen LogP contribution in [0.5, 0.6) is 0 Å². The number of carbonyl (C=O) groups excluding carboxylic acids is 1. The van der Waals surface area contributed by atoms with E-state index in [0.717, 1.165) is 49.0 Å². The Morgan fingerprint density at radius 2 is 2.24 bits per heavy atom. The Morgan fingerprint density at radius 3 is 3.05 bits per heavy atom. The first-order valence-corrected chi connectivity index (χ1v) is 7.69. The number of nitrogens with two attached hydrogens (primary N) is 1. The van der Waals surface area contributed by atoms with Gasteiger partial charge in [0.05, 0.1) is 11.0 Å². The highest BCUT2D eigenvalue weighted by Crippen LogP contribution is 2.23. The van der Waals surface area contributed by atoms with Crippen molar-refractivity contribution in [2.45, 2.75) is 38.1 Å². The number of amides is 1. The van der Waals surface area contributed by atoms with E-state index in [1.54, 1.807) is 0 Å². The van der Waals surface area contributed by atoms with Gasteiger partial charge in [-0.1, -0.05) is 18.6 Å². The van der Waals surface area contributed by atoms with Crippen LogP contribution in [-0.2, 0) is 11.2 Å². The lowest BCUT2D eigenvalue weighted by molar-refractivity contribution is -0.126. The number of nitrogens with one attached hydrogen (secondary N) is 2. The van der Waals surface area contributed by atoms with Crippen molar-refractivity contribution in [1.29, 1.82) is 0 Å². The summed E-state index contributed by atoms with van der Waals surface area (Å²) in [5.41, 5.74) is 7.94. The molecule has 1 heterocycles. The molecule has 0 saturated heterocycles. The summed E-state index contributed by atoms with van der Waals surface area (Å²) in [4.78, 5) is 19.9. The molecule has 1 fully saturated rings. The third kappa shape index (κ3) is 3.42. The Balaban J connectivity index is 1.50. The van der Waals surface area contributed by atoms with Gasteiger partial charge in [0.1, 0.15) is 5.82 Å². The molecular weight excluding hydrogens is 264 g/mol. The second kappa shape index (κ2) is 6.26. The van der Waals surface area contributed by atoms with Crippen LogP contribution in [0, 0.1) is 5.92 Å². The van der Waals surface area contributed by atoms with Gasteiger partial charge in [0.15, 0.2) is 0 Å². The van der Waals surface area contributed by atoms with E-state index in [2.05, 4.69) is 15.3 Å². The molecule has 0 aliphatic heterocycles. The van der Waals surface area contributed by atoms with Crippen molar-refractivity contribution < 1.29 is 4.79 Å². The van der Waals surface area contributed by atoms with E-state index < -0.39 is 0 Å². The number of fused-ring (bicyclic) bond motifs is 1. The highest BCUT2D eigenvalue weighted by Gasteiger charge is 2.24. The van der Waals surface area contributed by atoms with E-state index >= 15 is 0 Å². The van der Waals surface area contributed by atoms with Crippen molar-refractivity contribution in [3.05, 3.63) is 30.1 Å². The molecule has 1 aromatic carbocycles. The minimum absolute atomic E-state index is 0.0874. The maximum Gasteiger partial charge on any atom is 0.223 e. The summed E-state index contributed by atoms with van der Waals surface area (Å²) in [5, 5.41) is 3.01. The van der Waals surface area contributed by atoms with Crippen LogP contribution in [0.4, 0.5) is 0 Å². The van der Waals surface area contributed by atoms with Crippen molar-refractivity contribution in [1.82, 2.24) is 15.3 Å². The van der Waals surface area contributed by atoms with E-state index in [-0.39, 0.29) is 17.9 Å². The summed E-state index contributed by atoms with van der Waals surface area (Å²) < 4.78 is 0. The fourth-order valence-corrected chi connectivity index (χ4v) is 3.04. The largest absolute Gasteiger partial charge is 0.355 e. The predicted molar refractivity (Wildman–Crippen MR) is 82.7 cm³/mol. The fraction of sp³-hybridized carbons (Fsp3) is 0.500. The number of rotatable bonds is 4. The third-order valence-electron chi connectivity index (χ3n) is 4.19. The molecule has 2 aromatic rings. The number of aromatic amines is 1. The topological polar surface area (TPSA) is 83.8 Å². The number of imidazole rings is 1. The van der Waals surface area contributed by atoms with Crippen LogP contribution < -0.4 is 11.1 Å². The molecule has 0 radical (unpaired) electrons. The molecule has 112 valence electrons. The summed E-state index contributed by atoms with van der Waals surface area (Å²) in [5.74, 6) is 1.14. The van der Waals surface area contributed by atoms with Crippen LogP contribution >= 0.6 is 0 Å². The van der Waals surface area contributed by atoms with Crippen LogP contribution in [0.15, 0.2) is 24.3 Å². The summed E-state index contributed by atoms with van der Waals surface area (Å²) in [7, 11) is 0. The standard InChI is InChI=1S/C16H22N4O/c17-12-5-3-4-11(10-12)16(21)18-9-8-15-19-13-6-1-2-7-14(13)20-15/h1-2,6-7,11-12H,3-5,8-10,17H2,(H,18,21)(H,19,20). The molecule has 1 saturated carbocycles. The predicted octanol–water partition coefficient (Wildman–Crippen LogP) is 1.74. The quantitative estimate of drug-likeness (QED) is 0.800. The van der Waals surface area contributed by atoms with Gasteiger partial charge in [0.25, 0.3) is 0 Å². The first kappa shape index (κ1) is 14.1. The number of benzene rings is 1. The van der Waals surface area contributed by atoms with E-state index in [4.69, 9.17) is 5.73 Å². The average Bonchev–Trinajstić information content (AvgIpc) is 2.89. The fourth-order valence-electron chi connectivity index (χ4n) is 3.04. The molecule has 2 atom stereocenters. The van der Waals surface area contributed by atoms with E-state index in [9.17, 15) is 4.79 Å². The van der Waals surface area contributed by atoms with Crippen LogP contribution in [0.1, 0.15) is 31.5 Å². The lowest BCUT2D eigenvalue weighted by Crippen LogP contribution is -2.38.